The molecule has 2 aliphatic heterocycles. The van der Waals surface area contributed by atoms with Gasteiger partial charge in [0.1, 0.15) is 24.2 Å². The first-order valence-corrected chi connectivity index (χ1v) is 33.6. The third kappa shape index (κ3) is 23.9. The van der Waals surface area contributed by atoms with Crippen molar-refractivity contribution in [2.24, 2.45) is 41.2 Å². The average Bonchev–Trinajstić information content (AvgIpc) is 1.81. The van der Waals surface area contributed by atoms with Crippen molar-refractivity contribution in [1.29, 1.82) is 0 Å². The second-order valence-electron chi connectivity index (χ2n) is 26.9. The minimum absolute atomic E-state index is 0.00812. The summed E-state index contributed by atoms with van der Waals surface area (Å²) in [4.78, 5) is 157. The van der Waals surface area contributed by atoms with Crippen LogP contribution in [0.1, 0.15) is 138 Å². The zero-order valence-electron chi connectivity index (χ0n) is 58.7. The molecule has 2 aliphatic rings. The number of amides is 11. The van der Waals surface area contributed by atoms with E-state index in [9.17, 15) is 57.8 Å². The third-order valence-electron chi connectivity index (χ3n) is 18.5. The van der Waals surface area contributed by atoms with Crippen molar-refractivity contribution in [1.82, 2.24) is 51.1 Å². The van der Waals surface area contributed by atoms with Gasteiger partial charge in [0, 0.05) is 86.0 Å². The summed E-state index contributed by atoms with van der Waals surface area (Å²) < 4.78 is 12.2. The van der Waals surface area contributed by atoms with Gasteiger partial charge in [-0.1, -0.05) is 111 Å². The first kappa shape index (κ1) is 79.7. The highest BCUT2D eigenvalue weighted by atomic mass is 16.5. The fourth-order valence-electron chi connectivity index (χ4n) is 12.9. The molecule has 530 valence electrons. The number of carboxylic acid groups (broad SMARTS) is 1. The lowest BCUT2D eigenvalue weighted by atomic mass is 9.89. The number of likely N-dealkylation sites (N-methyl/N-ethyl adjacent to an activating group) is 3. The Kier molecular flexibility index (Phi) is 32.5. The summed E-state index contributed by atoms with van der Waals surface area (Å²) in [6, 6.07) is 9.64. The summed E-state index contributed by atoms with van der Waals surface area (Å²) >= 11 is 0. The number of nitrogens with one attached hydrogen (secondary N) is 6. The van der Waals surface area contributed by atoms with Crippen molar-refractivity contribution in [3.8, 4) is 0 Å². The fourth-order valence-corrected chi connectivity index (χ4v) is 12.9. The standard InChI is InChI=1S/C69H110N12O14/c1-16-44(8)60(79(13)67(90)58(42(4)5)76-65(88)59(43(6)7)77(10)11)53(94-14)39-56(84)81-35-21-25-52(81)61(95-15)45(9)62(85)74-51(38-46-22-18-17-19-23-46)66(89)78(12)40-47-26-28-49(29-27-47)72-63(86)50(24-20-34-71-69(70)93)73-64(87)57(41(2)3)75-54(82)30-31-55(83)80-36-32-48(33-37-80)68(91)92/h17-19,22-23,26-29,41-45,48,50-53,57-61H,16,20-21,24-25,30-40H2,1-15H3,(H,72,86)(H,73,87)(H,74,85)(H,75,82)(H,76,88)(H,91,92)(H3,70,71,93)/t44-,45+,50-,51-,52-,53+,57-,58-,59-,60-,61+/m0/s1. The van der Waals surface area contributed by atoms with E-state index in [1.54, 1.807) is 68.9 Å². The number of aliphatic carboxylic acids is 1. The maximum Gasteiger partial charge on any atom is 0.312 e. The van der Waals surface area contributed by atoms with Gasteiger partial charge in [-0.15, -0.1) is 0 Å². The van der Waals surface area contributed by atoms with E-state index in [4.69, 9.17) is 15.2 Å². The Balaban J connectivity index is 1.46. The molecule has 0 aliphatic carbocycles. The molecule has 9 N–H and O–H groups in total. The molecule has 11 amide bonds. The Hall–Kier alpha value is -7.71. The van der Waals surface area contributed by atoms with E-state index in [2.05, 4.69) is 31.9 Å². The number of methoxy groups -OCH3 is 2. The van der Waals surface area contributed by atoms with Crippen LogP contribution >= 0.6 is 0 Å². The molecule has 26 nitrogen and oxygen atoms in total. The van der Waals surface area contributed by atoms with Crippen molar-refractivity contribution in [3.05, 3.63) is 65.7 Å². The monoisotopic (exact) mass is 1330 g/mol. The molecule has 11 atom stereocenters. The predicted octanol–water partition coefficient (Wildman–Crippen LogP) is 4.14. The second-order valence-corrected chi connectivity index (χ2v) is 26.9. The molecule has 0 aromatic heterocycles. The summed E-state index contributed by atoms with van der Waals surface area (Å²) in [5.74, 6) is -6.75. The van der Waals surface area contributed by atoms with Gasteiger partial charge in [0.15, 0.2) is 0 Å². The number of carbonyl (C=O) groups is 11. The van der Waals surface area contributed by atoms with E-state index in [-0.39, 0.29) is 112 Å². The average molecular weight is 1330 g/mol. The molecule has 95 heavy (non-hydrogen) atoms. The van der Waals surface area contributed by atoms with E-state index in [0.717, 1.165) is 5.56 Å². The SMILES string of the molecule is CC[C@H](C)[C@@H]([C@@H](CC(=O)N1CCC[C@H]1[C@H](OC)[C@@H](C)C(=O)N[C@@H](Cc1ccccc1)C(=O)N(C)Cc1ccc(NC(=O)[C@H](CCCNC(N)=O)NC(=O)[C@@H](NC(=O)CCC(=O)N2CCC(C(=O)O)CC2)C(C)C)cc1)OC)N(C)C(=O)[C@@H](NC(=O)[C@H](C(C)C)N(C)C)C(C)C. The Bertz CT molecular complexity index is 2860. The maximum absolute atomic E-state index is 14.7. The van der Waals surface area contributed by atoms with Crippen LogP contribution in [-0.4, -0.2) is 218 Å². The van der Waals surface area contributed by atoms with E-state index >= 15 is 0 Å². The van der Waals surface area contributed by atoms with Gasteiger partial charge in [0.05, 0.1) is 48.6 Å². The van der Waals surface area contributed by atoms with Crippen LogP contribution < -0.4 is 37.6 Å². The second kappa shape index (κ2) is 38.7. The first-order chi connectivity index (χ1) is 44.8. The number of carbonyl (C=O) groups excluding carboxylic acids is 10. The quantitative estimate of drug-likeness (QED) is 0.0441. The van der Waals surface area contributed by atoms with Crippen molar-refractivity contribution >= 4 is 70.9 Å². The maximum atomic E-state index is 14.7. The molecule has 26 heteroatoms. The van der Waals surface area contributed by atoms with Crippen molar-refractivity contribution < 1.29 is 67.3 Å². The summed E-state index contributed by atoms with van der Waals surface area (Å²) in [6.07, 6.45) is 1.06. The number of carboxylic acids is 1. The number of hydrogen-bond donors (Lipinski definition) is 8. The minimum Gasteiger partial charge on any atom is -0.481 e. The lowest BCUT2D eigenvalue weighted by Gasteiger charge is -2.41. The number of anilines is 1. The van der Waals surface area contributed by atoms with Crippen LogP contribution in [0.3, 0.4) is 0 Å². The number of ether oxygens (including phenoxy) is 2. The highest BCUT2D eigenvalue weighted by Crippen LogP contribution is 2.30. The Morgan fingerprint density at radius 2 is 1.28 bits per heavy atom. The van der Waals surface area contributed by atoms with Gasteiger partial charge in [0.2, 0.25) is 53.2 Å². The van der Waals surface area contributed by atoms with Gasteiger partial charge >= 0.3 is 12.0 Å². The molecule has 2 saturated heterocycles. The summed E-state index contributed by atoms with van der Waals surface area (Å²) in [7, 11) is 10.0. The Labute approximate surface area is 562 Å². The number of likely N-dealkylation sites (tertiary alicyclic amines) is 2. The highest BCUT2D eigenvalue weighted by molar-refractivity contribution is 5.99. The number of nitrogens with zero attached hydrogens (tertiary/aromatic N) is 5. The number of piperidine rings is 1. The topological polar surface area (TPSA) is 341 Å². The normalized spacial score (nSPS) is 17.5. The van der Waals surface area contributed by atoms with Crippen molar-refractivity contribution in [3.63, 3.8) is 0 Å². The van der Waals surface area contributed by atoms with Gasteiger partial charge < -0.3 is 71.8 Å². The van der Waals surface area contributed by atoms with Gasteiger partial charge in [-0.05, 0) is 99.6 Å². The number of hydrogen-bond acceptors (Lipinski definition) is 14. The number of urea groups is 1. The van der Waals surface area contributed by atoms with E-state index < -0.39 is 108 Å². The molecule has 0 unspecified atom stereocenters. The third-order valence-corrected chi connectivity index (χ3v) is 18.5. The highest BCUT2D eigenvalue weighted by Gasteiger charge is 2.44. The zero-order chi connectivity index (χ0) is 71.0. The van der Waals surface area contributed by atoms with Crippen LogP contribution in [0.4, 0.5) is 10.5 Å². The molecule has 0 bridgehead atoms. The molecule has 2 heterocycles. The van der Waals surface area contributed by atoms with Crippen LogP contribution in [0.15, 0.2) is 54.6 Å². The minimum atomic E-state index is -1.14. The zero-order valence-corrected chi connectivity index (χ0v) is 58.7. The fraction of sp³-hybridized carbons (Fsp3) is 0.667. The molecule has 2 aromatic rings. The van der Waals surface area contributed by atoms with Crippen LogP contribution in [0, 0.1) is 35.5 Å². The largest absolute Gasteiger partial charge is 0.481 e. The molecule has 0 spiro atoms. The number of benzene rings is 2. The lowest BCUT2D eigenvalue weighted by molar-refractivity contribution is -0.148. The molecule has 2 fully saturated rings. The van der Waals surface area contributed by atoms with Gasteiger partial charge in [-0.25, -0.2) is 4.79 Å². The van der Waals surface area contributed by atoms with E-state index in [0.29, 0.717) is 49.9 Å². The summed E-state index contributed by atoms with van der Waals surface area (Å²) in [6.45, 7) is 18.0. The molecule has 0 radical (unpaired) electrons. The molecular weight excluding hydrogens is 1220 g/mol. The predicted molar refractivity (Wildman–Crippen MR) is 361 cm³/mol. The van der Waals surface area contributed by atoms with E-state index in [1.165, 1.54) is 24.0 Å². The molecule has 0 saturated carbocycles. The number of primary amides is 1. The number of rotatable bonds is 37. The van der Waals surface area contributed by atoms with Gasteiger partial charge in [-0.2, -0.15) is 0 Å². The van der Waals surface area contributed by atoms with Gasteiger partial charge in [-0.3, -0.25) is 52.8 Å². The van der Waals surface area contributed by atoms with Gasteiger partial charge in [0.25, 0.3) is 0 Å². The molecule has 2 aromatic carbocycles. The Morgan fingerprint density at radius 3 is 1.83 bits per heavy atom. The van der Waals surface area contributed by atoms with Crippen molar-refractivity contribution in [2.75, 3.05) is 73.9 Å². The summed E-state index contributed by atoms with van der Waals surface area (Å²) in [5, 5.41) is 26.1. The van der Waals surface area contributed by atoms with Crippen LogP contribution in [0.5, 0.6) is 0 Å². The Morgan fingerprint density at radius 1 is 0.663 bits per heavy atom. The molecular formula is C69H110N12O14. The molecule has 4 rings (SSSR count). The van der Waals surface area contributed by atoms with E-state index in [1.807, 2.05) is 90.9 Å². The van der Waals surface area contributed by atoms with Crippen LogP contribution in [-0.2, 0) is 70.4 Å². The van der Waals surface area contributed by atoms with Crippen LogP contribution in [0.2, 0.25) is 0 Å². The van der Waals surface area contributed by atoms with Crippen molar-refractivity contribution in [2.45, 2.75) is 194 Å². The lowest BCUT2D eigenvalue weighted by Crippen LogP contribution is -2.59. The van der Waals surface area contributed by atoms with Crippen LogP contribution in [0.25, 0.3) is 0 Å². The smallest absolute Gasteiger partial charge is 0.312 e. The number of nitrogens with two attached hydrogens (primary N) is 1. The summed E-state index contributed by atoms with van der Waals surface area (Å²) in [5.41, 5.74) is 7.10. The first-order valence-electron chi connectivity index (χ1n) is 33.6.